The van der Waals surface area contributed by atoms with Gasteiger partial charge in [0.2, 0.25) is 5.69 Å². The Kier molecular flexibility index (Phi) is 5.85. The van der Waals surface area contributed by atoms with Gasteiger partial charge in [-0.2, -0.15) is 5.10 Å². The van der Waals surface area contributed by atoms with Crippen LogP contribution in [-0.4, -0.2) is 15.7 Å². The average molecular weight is 451 g/mol. The van der Waals surface area contributed by atoms with Crippen LogP contribution in [0.5, 0.6) is 0 Å². The van der Waals surface area contributed by atoms with Crippen LogP contribution in [0.1, 0.15) is 20.8 Å². The number of nitrogens with zero attached hydrogens (tertiary/aromatic N) is 3. The maximum Gasteiger partial charge on any atom is 0.261 e. The van der Waals surface area contributed by atoms with Crippen molar-refractivity contribution in [2.24, 2.45) is 0 Å². The molecule has 0 unspecified atom stereocenters. The van der Waals surface area contributed by atoms with Crippen molar-refractivity contribution in [1.82, 2.24) is 15.1 Å². The van der Waals surface area contributed by atoms with Crippen LogP contribution in [0.3, 0.4) is 0 Å². The fourth-order valence-corrected chi connectivity index (χ4v) is 4.13. The van der Waals surface area contributed by atoms with E-state index in [0.29, 0.717) is 32.4 Å². The van der Waals surface area contributed by atoms with Crippen LogP contribution in [0.25, 0.3) is 21.7 Å². The molecule has 0 aliphatic carbocycles. The first-order valence-electron chi connectivity index (χ1n) is 9.29. The molecular formula is C23H16ClFN4OS. The van der Waals surface area contributed by atoms with E-state index in [1.165, 1.54) is 17.4 Å². The zero-order valence-corrected chi connectivity index (χ0v) is 18.0. The molecule has 0 aliphatic heterocycles. The second-order valence-corrected chi connectivity index (χ2v) is 8.17. The van der Waals surface area contributed by atoms with Gasteiger partial charge in [0.25, 0.3) is 5.91 Å². The molecule has 0 radical (unpaired) electrons. The van der Waals surface area contributed by atoms with Gasteiger partial charge in [-0.25, -0.2) is 13.9 Å². The maximum atomic E-state index is 14.7. The summed E-state index contributed by atoms with van der Waals surface area (Å²) in [5.74, 6) is -0.613. The summed E-state index contributed by atoms with van der Waals surface area (Å²) in [7, 11) is 0. The highest BCUT2D eigenvalue weighted by molar-refractivity contribution is 7.12. The lowest BCUT2D eigenvalue weighted by molar-refractivity contribution is 0.0954. The first-order valence-corrected chi connectivity index (χ1v) is 10.5. The number of hydrogen-bond donors (Lipinski definition) is 1. The van der Waals surface area contributed by atoms with E-state index in [9.17, 15) is 9.18 Å². The SMILES string of the molecule is [C-]#[N+]c1ccc(-n2cc(-c3ccc(CNC(=O)c4sccc4C)c(F)c3)cn2)cc1Cl. The summed E-state index contributed by atoms with van der Waals surface area (Å²) in [6.07, 6.45) is 3.39. The number of rotatable bonds is 5. The van der Waals surface area contributed by atoms with Crippen LogP contribution in [-0.2, 0) is 6.54 Å². The molecule has 0 saturated heterocycles. The molecule has 31 heavy (non-hydrogen) atoms. The average Bonchev–Trinajstić information content (AvgIpc) is 3.42. The van der Waals surface area contributed by atoms with Crippen LogP contribution in [0.2, 0.25) is 5.02 Å². The van der Waals surface area contributed by atoms with Crippen molar-refractivity contribution >= 4 is 34.5 Å². The molecule has 5 nitrogen and oxygen atoms in total. The fraction of sp³-hybridized carbons (Fsp3) is 0.0870. The molecule has 2 heterocycles. The second kappa shape index (κ2) is 8.72. The Bertz CT molecular complexity index is 1320. The molecule has 154 valence electrons. The molecule has 0 atom stereocenters. The first-order chi connectivity index (χ1) is 15.0. The van der Waals surface area contributed by atoms with E-state index in [1.54, 1.807) is 47.4 Å². The zero-order chi connectivity index (χ0) is 22.0. The number of aryl methyl sites for hydroxylation is 1. The number of halogens is 2. The summed E-state index contributed by atoms with van der Waals surface area (Å²) in [5.41, 5.74) is 3.77. The fourth-order valence-electron chi connectivity index (χ4n) is 3.07. The summed E-state index contributed by atoms with van der Waals surface area (Å²) >= 11 is 7.46. The van der Waals surface area contributed by atoms with Crippen molar-refractivity contribution in [2.75, 3.05) is 0 Å². The Morgan fingerprint density at radius 3 is 2.77 bits per heavy atom. The van der Waals surface area contributed by atoms with E-state index < -0.39 is 5.82 Å². The molecule has 0 bridgehead atoms. The number of nitrogens with one attached hydrogen (secondary N) is 1. The van der Waals surface area contributed by atoms with Crippen molar-refractivity contribution in [3.63, 3.8) is 0 Å². The number of aromatic nitrogens is 2. The monoisotopic (exact) mass is 450 g/mol. The summed E-state index contributed by atoms with van der Waals surface area (Å²) in [4.78, 5) is 16.2. The highest BCUT2D eigenvalue weighted by Crippen LogP contribution is 2.28. The minimum Gasteiger partial charge on any atom is -0.347 e. The van der Waals surface area contributed by atoms with Crippen molar-refractivity contribution in [2.45, 2.75) is 13.5 Å². The minimum atomic E-state index is -0.405. The van der Waals surface area contributed by atoms with Crippen molar-refractivity contribution in [3.05, 3.63) is 98.5 Å². The molecule has 1 amide bonds. The number of carbonyl (C=O) groups excluding carboxylic acids is 1. The van der Waals surface area contributed by atoms with Gasteiger partial charge in [0.1, 0.15) is 5.82 Å². The van der Waals surface area contributed by atoms with E-state index in [-0.39, 0.29) is 12.5 Å². The number of amides is 1. The Morgan fingerprint density at radius 2 is 2.10 bits per heavy atom. The van der Waals surface area contributed by atoms with Gasteiger partial charge in [-0.05, 0) is 47.7 Å². The highest BCUT2D eigenvalue weighted by Gasteiger charge is 2.13. The van der Waals surface area contributed by atoms with E-state index in [0.717, 1.165) is 11.1 Å². The third-order valence-electron chi connectivity index (χ3n) is 4.79. The van der Waals surface area contributed by atoms with Gasteiger partial charge in [-0.3, -0.25) is 4.79 Å². The Labute approximate surface area is 187 Å². The van der Waals surface area contributed by atoms with Gasteiger partial charge in [-0.1, -0.05) is 29.8 Å². The van der Waals surface area contributed by atoms with Gasteiger partial charge in [0.05, 0.1) is 23.3 Å². The summed E-state index contributed by atoms with van der Waals surface area (Å²) < 4.78 is 16.3. The molecule has 0 aliphatic rings. The third kappa shape index (κ3) is 4.36. The Morgan fingerprint density at radius 1 is 1.26 bits per heavy atom. The smallest absolute Gasteiger partial charge is 0.261 e. The normalized spacial score (nSPS) is 10.6. The topological polar surface area (TPSA) is 51.3 Å². The Balaban J connectivity index is 1.50. The molecule has 1 N–H and O–H groups in total. The summed E-state index contributed by atoms with van der Waals surface area (Å²) in [6.45, 7) is 9.05. The first kappa shape index (κ1) is 20.8. The molecule has 2 aromatic carbocycles. The van der Waals surface area contributed by atoms with Crippen LogP contribution in [0.4, 0.5) is 10.1 Å². The van der Waals surface area contributed by atoms with E-state index in [2.05, 4.69) is 15.3 Å². The summed E-state index contributed by atoms with van der Waals surface area (Å²) in [6, 6.07) is 11.8. The molecule has 2 aromatic heterocycles. The van der Waals surface area contributed by atoms with Crippen LogP contribution in [0, 0.1) is 19.3 Å². The molecule has 0 spiro atoms. The van der Waals surface area contributed by atoms with Crippen molar-refractivity contribution in [1.29, 1.82) is 0 Å². The molecule has 0 fully saturated rings. The third-order valence-corrected chi connectivity index (χ3v) is 6.11. The van der Waals surface area contributed by atoms with E-state index in [4.69, 9.17) is 18.2 Å². The second-order valence-electron chi connectivity index (χ2n) is 6.84. The standard InChI is InChI=1S/C23H16ClFN4OS/c1-14-7-8-31-22(14)23(30)27-11-16-4-3-15(9-20(16)25)17-12-28-29(13-17)18-5-6-21(26-2)19(24)10-18/h3-10,12-13H,11H2,1H3,(H,27,30). The van der Waals surface area contributed by atoms with Gasteiger partial charge >= 0.3 is 0 Å². The van der Waals surface area contributed by atoms with E-state index in [1.807, 2.05) is 18.4 Å². The minimum absolute atomic E-state index is 0.105. The lowest BCUT2D eigenvalue weighted by atomic mass is 10.1. The summed E-state index contributed by atoms with van der Waals surface area (Å²) in [5, 5.41) is 9.27. The highest BCUT2D eigenvalue weighted by atomic mass is 35.5. The van der Waals surface area contributed by atoms with Gasteiger partial charge in [-0.15, -0.1) is 11.3 Å². The largest absolute Gasteiger partial charge is 0.347 e. The lowest BCUT2D eigenvalue weighted by Gasteiger charge is -2.07. The molecule has 8 heteroatoms. The van der Waals surface area contributed by atoms with Gasteiger partial charge in [0.15, 0.2) is 0 Å². The van der Waals surface area contributed by atoms with Crippen LogP contribution >= 0.6 is 22.9 Å². The predicted molar refractivity (Wildman–Crippen MR) is 120 cm³/mol. The molecule has 4 aromatic rings. The lowest BCUT2D eigenvalue weighted by Crippen LogP contribution is -2.23. The molecular weight excluding hydrogens is 435 g/mol. The van der Waals surface area contributed by atoms with E-state index >= 15 is 0 Å². The quantitative estimate of drug-likeness (QED) is 0.369. The van der Waals surface area contributed by atoms with Crippen LogP contribution in [0.15, 0.2) is 60.2 Å². The van der Waals surface area contributed by atoms with Crippen LogP contribution < -0.4 is 5.32 Å². The number of hydrogen-bond acceptors (Lipinski definition) is 3. The van der Waals surface area contributed by atoms with Gasteiger partial charge in [0, 0.05) is 28.9 Å². The maximum absolute atomic E-state index is 14.7. The van der Waals surface area contributed by atoms with Gasteiger partial charge < -0.3 is 5.32 Å². The molecule has 4 rings (SSSR count). The molecule has 0 saturated carbocycles. The predicted octanol–water partition coefficient (Wildman–Crippen LogP) is 6.18. The number of benzene rings is 2. The van der Waals surface area contributed by atoms with Crippen molar-refractivity contribution in [3.8, 4) is 16.8 Å². The van der Waals surface area contributed by atoms with Crippen molar-refractivity contribution < 1.29 is 9.18 Å². The Hall–Kier alpha value is -3.47. The number of carbonyl (C=O) groups is 1. The number of thiophene rings is 1. The zero-order valence-electron chi connectivity index (χ0n) is 16.4.